The van der Waals surface area contributed by atoms with Crippen molar-refractivity contribution in [1.29, 1.82) is 0 Å². The molecule has 2 N–H and O–H groups in total. The Morgan fingerprint density at radius 2 is 2.23 bits per heavy atom. The Kier molecular flexibility index (Phi) is 6.15. The van der Waals surface area contributed by atoms with Crippen molar-refractivity contribution in [2.75, 3.05) is 17.7 Å². The number of hydrogen-bond acceptors (Lipinski definition) is 5. The fourth-order valence-electron chi connectivity index (χ4n) is 3.75. The number of aromatic nitrogens is 2. The highest BCUT2D eigenvalue weighted by molar-refractivity contribution is 7.80. The van der Waals surface area contributed by atoms with Gasteiger partial charge in [0.1, 0.15) is 5.00 Å². The minimum absolute atomic E-state index is 0.312. The van der Waals surface area contributed by atoms with E-state index in [4.69, 9.17) is 17.0 Å². The van der Waals surface area contributed by atoms with Crippen LogP contribution in [0.3, 0.4) is 0 Å². The van der Waals surface area contributed by atoms with Crippen LogP contribution in [0.5, 0.6) is 0 Å². The van der Waals surface area contributed by atoms with Gasteiger partial charge in [0.2, 0.25) is 0 Å². The van der Waals surface area contributed by atoms with E-state index in [1.54, 1.807) is 17.5 Å². The number of nitrogens with one attached hydrogen (secondary N) is 2. The van der Waals surface area contributed by atoms with Crippen LogP contribution >= 0.6 is 23.6 Å². The number of nitrogens with zero attached hydrogens (tertiary/aromatic N) is 2. The number of esters is 1. The Hall–Kier alpha value is -2.71. The molecule has 1 aliphatic rings. The summed E-state index contributed by atoms with van der Waals surface area (Å²) in [6.07, 6.45) is 6.66. The normalized spacial score (nSPS) is 15.3. The fraction of sp³-hybridized carbons (Fsp3) is 0.318. The quantitative estimate of drug-likeness (QED) is 0.442. The highest BCUT2D eigenvalue weighted by Crippen LogP contribution is 2.40. The molecule has 1 unspecified atom stereocenters. The van der Waals surface area contributed by atoms with Gasteiger partial charge in [0, 0.05) is 23.0 Å². The van der Waals surface area contributed by atoms with Gasteiger partial charge in [-0.25, -0.2) is 4.79 Å². The largest absolute Gasteiger partial charge is 0.465 e. The summed E-state index contributed by atoms with van der Waals surface area (Å²) in [4.78, 5) is 13.7. The van der Waals surface area contributed by atoms with E-state index in [0.717, 1.165) is 41.1 Å². The van der Waals surface area contributed by atoms with Gasteiger partial charge in [-0.1, -0.05) is 19.1 Å². The van der Waals surface area contributed by atoms with Gasteiger partial charge in [0.25, 0.3) is 0 Å². The van der Waals surface area contributed by atoms with Crippen molar-refractivity contribution >= 4 is 45.3 Å². The third kappa shape index (κ3) is 4.55. The zero-order valence-corrected chi connectivity index (χ0v) is 18.6. The maximum absolute atomic E-state index is 12.5. The van der Waals surface area contributed by atoms with Crippen LogP contribution in [0.1, 0.15) is 39.7 Å². The maximum atomic E-state index is 12.5. The molecular weight excluding hydrogens is 416 g/mol. The summed E-state index contributed by atoms with van der Waals surface area (Å²) in [6.45, 7) is 2.93. The molecule has 30 heavy (non-hydrogen) atoms. The van der Waals surface area contributed by atoms with E-state index in [2.05, 4.69) is 22.7 Å². The van der Waals surface area contributed by atoms with Gasteiger partial charge in [0.15, 0.2) is 5.11 Å². The van der Waals surface area contributed by atoms with Crippen molar-refractivity contribution in [3.63, 3.8) is 0 Å². The molecule has 0 bridgehead atoms. The fourth-order valence-corrected chi connectivity index (χ4v) is 5.44. The van der Waals surface area contributed by atoms with Crippen LogP contribution in [0, 0.1) is 5.92 Å². The minimum Gasteiger partial charge on any atom is -0.465 e. The molecule has 0 spiro atoms. The van der Waals surface area contributed by atoms with Gasteiger partial charge in [-0.05, 0) is 66.7 Å². The van der Waals surface area contributed by atoms with Gasteiger partial charge < -0.3 is 15.4 Å². The Morgan fingerprint density at radius 1 is 1.37 bits per heavy atom. The summed E-state index contributed by atoms with van der Waals surface area (Å²) < 4.78 is 6.92. The maximum Gasteiger partial charge on any atom is 0.341 e. The number of rotatable bonds is 5. The number of ether oxygens (including phenoxy) is 1. The van der Waals surface area contributed by atoms with E-state index in [-0.39, 0.29) is 5.97 Å². The smallest absolute Gasteiger partial charge is 0.341 e. The molecule has 0 saturated carbocycles. The van der Waals surface area contributed by atoms with E-state index in [9.17, 15) is 4.79 Å². The SMILES string of the molecule is COC(=O)c1c(NC(=S)Nc2cccc(Cn3cccn3)c2)sc2c1CCC(C)C2. The van der Waals surface area contributed by atoms with Gasteiger partial charge in [0.05, 0.1) is 19.2 Å². The van der Waals surface area contributed by atoms with Gasteiger partial charge in [-0.15, -0.1) is 11.3 Å². The van der Waals surface area contributed by atoms with Gasteiger partial charge in [-0.2, -0.15) is 5.10 Å². The lowest BCUT2D eigenvalue weighted by Gasteiger charge is -2.18. The second-order valence-corrected chi connectivity index (χ2v) is 9.04. The molecule has 1 atom stereocenters. The molecule has 1 aliphatic carbocycles. The predicted octanol–water partition coefficient (Wildman–Crippen LogP) is 4.71. The van der Waals surface area contributed by atoms with Crippen molar-refractivity contribution in [2.24, 2.45) is 5.92 Å². The number of thiophene rings is 1. The molecule has 0 aliphatic heterocycles. The number of thiocarbonyl (C=S) groups is 1. The topological polar surface area (TPSA) is 68.2 Å². The monoisotopic (exact) mass is 440 g/mol. The summed E-state index contributed by atoms with van der Waals surface area (Å²) in [6, 6.07) is 9.93. The molecule has 6 nitrogen and oxygen atoms in total. The first-order valence-corrected chi connectivity index (χ1v) is 11.1. The number of methoxy groups -OCH3 is 1. The zero-order valence-electron chi connectivity index (χ0n) is 17.0. The summed E-state index contributed by atoms with van der Waals surface area (Å²) in [5.74, 6) is 0.311. The molecule has 2 aromatic heterocycles. The molecule has 156 valence electrons. The Labute approximate surface area is 185 Å². The lowest BCUT2D eigenvalue weighted by Crippen LogP contribution is -2.20. The van der Waals surface area contributed by atoms with Crippen molar-refractivity contribution in [2.45, 2.75) is 32.7 Å². The van der Waals surface area contributed by atoms with Crippen LogP contribution in [0.25, 0.3) is 0 Å². The average Bonchev–Trinajstić information content (AvgIpc) is 3.34. The number of anilines is 2. The lowest BCUT2D eigenvalue weighted by molar-refractivity contribution is 0.0601. The van der Waals surface area contributed by atoms with Crippen LogP contribution in [-0.2, 0) is 24.1 Å². The molecular formula is C22H24N4O2S2. The first-order chi connectivity index (χ1) is 14.5. The van der Waals surface area contributed by atoms with Crippen molar-refractivity contribution < 1.29 is 9.53 Å². The van der Waals surface area contributed by atoms with Crippen molar-refractivity contribution in [3.05, 3.63) is 64.3 Å². The van der Waals surface area contributed by atoms with Crippen LogP contribution in [0.4, 0.5) is 10.7 Å². The van der Waals surface area contributed by atoms with E-state index < -0.39 is 0 Å². The lowest BCUT2D eigenvalue weighted by atomic mass is 9.88. The van der Waals surface area contributed by atoms with Gasteiger partial charge in [-0.3, -0.25) is 4.68 Å². The second kappa shape index (κ2) is 8.97. The second-order valence-electron chi connectivity index (χ2n) is 7.53. The number of carbonyl (C=O) groups is 1. The van der Waals surface area contributed by atoms with Crippen LogP contribution < -0.4 is 10.6 Å². The van der Waals surface area contributed by atoms with Crippen LogP contribution in [0.15, 0.2) is 42.7 Å². The third-order valence-electron chi connectivity index (χ3n) is 5.22. The number of carbonyl (C=O) groups excluding carboxylic acids is 1. The predicted molar refractivity (Wildman–Crippen MR) is 124 cm³/mol. The molecule has 0 radical (unpaired) electrons. The number of benzene rings is 1. The highest BCUT2D eigenvalue weighted by atomic mass is 32.1. The first-order valence-electron chi connectivity index (χ1n) is 9.90. The minimum atomic E-state index is -0.312. The van der Waals surface area contributed by atoms with Crippen LogP contribution in [0.2, 0.25) is 0 Å². The molecule has 0 amide bonds. The average molecular weight is 441 g/mol. The van der Waals surface area contributed by atoms with Gasteiger partial charge >= 0.3 is 5.97 Å². The Balaban J connectivity index is 1.50. The zero-order chi connectivity index (χ0) is 21.1. The van der Waals surface area contributed by atoms with Crippen molar-refractivity contribution in [3.8, 4) is 0 Å². The van der Waals surface area contributed by atoms with E-state index in [1.807, 2.05) is 41.2 Å². The first kappa shape index (κ1) is 20.6. The van der Waals surface area contributed by atoms with Crippen molar-refractivity contribution in [1.82, 2.24) is 9.78 Å². The molecule has 4 rings (SSSR count). The summed E-state index contributed by atoms with van der Waals surface area (Å²) in [5, 5.41) is 11.9. The number of fused-ring (bicyclic) bond motifs is 1. The molecule has 2 heterocycles. The Morgan fingerprint density at radius 3 is 3.00 bits per heavy atom. The highest BCUT2D eigenvalue weighted by Gasteiger charge is 2.28. The molecule has 0 saturated heterocycles. The number of hydrogen-bond donors (Lipinski definition) is 2. The third-order valence-corrected chi connectivity index (χ3v) is 6.59. The Bertz CT molecular complexity index is 1060. The molecule has 1 aromatic carbocycles. The summed E-state index contributed by atoms with van der Waals surface area (Å²) >= 11 is 7.14. The summed E-state index contributed by atoms with van der Waals surface area (Å²) in [5.41, 5.74) is 3.73. The standard InChI is InChI=1S/C22H24N4O2S2/c1-14-7-8-17-18(11-14)30-20(19(17)21(27)28-2)25-22(29)24-16-6-3-5-15(12-16)13-26-10-4-9-23-26/h3-6,9-10,12,14H,7-8,11,13H2,1-2H3,(H2,24,25,29). The van der Waals surface area contributed by atoms with E-state index in [1.165, 1.54) is 12.0 Å². The molecule has 8 heteroatoms. The summed E-state index contributed by atoms with van der Waals surface area (Å²) in [7, 11) is 1.42. The van der Waals surface area contributed by atoms with Crippen LogP contribution in [-0.4, -0.2) is 28.0 Å². The molecule has 0 fully saturated rings. The van der Waals surface area contributed by atoms with E-state index >= 15 is 0 Å². The molecule has 3 aromatic rings. The van der Waals surface area contributed by atoms with E-state index in [0.29, 0.717) is 23.1 Å².